The molecule has 0 heterocycles. The third kappa shape index (κ3) is 19.4. The van der Waals surface area contributed by atoms with Crippen molar-refractivity contribution in [1.82, 2.24) is 0 Å². The molecule has 7 rings (SSSR count). The molecule has 0 bridgehead atoms. The van der Waals surface area contributed by atoms with Gasteiger partial charge in [-0.25, -0.2) is 19.2 Å². The van der Waals surface area contributed by atoms with E-state index in [0.29, 0.717) is 33.8 Å². The van der Waals surface area contributed by atoms with Crippen LogP contribution in [0.25, 0.3) is 22.3 Å². The first-order valence-corrected chi connectivity index (χ1v) is 29.7. The van der Waals surface area contributed by atoms with Crippen molar-refractivity contribution in [3.63, 3.8) is 0 Å². The predicted molar refractivity (Wildman–Crippen MR) is 323 cm³/mol. The number of carbonyl (C=O) groups is 4. The molecule has 418 valence electrons. The number of benzene rings is 7. The zero-order chi connectivity index (χ0) is 56.3. The van der Waals surface area contributed by atoms with Gasteiger partial charge in [0.2, 0.25) is 0 Å². The molecule has 0 atom stereocenters. The van der Waals surface area contributed by atoms with Gasteiger partial charge in [0.1, 0.15) is 23.0 Å². The molecule has 0 spiro atoms. The van der Waals surface area contributed by atoms with Crippen LogP contribution in [0, 0.1) is 13.8 Å². The van der Waals surface area contributed by atoms with E-state index in [4.69, 9.17) is 18.9 Å². The Morgan fingerprint density at radius 2 is 0.588 bits per heavy atom. The minimum absolute atomic E-state index is 0.163. The van der Waals surface area contributed by atoms with Crippen molar-refractivity contribution < 1.29 is 38.1 Å². The molecule has 0 aliphatic carbocycles. The minimum Gasteiger partial charge on any atom is -0.423 e. The molecule has 0 unspecified atom stereocenters. The molecule has 7 aromatic carbocycles. The second-order valence-corrected chi connectivity index (χ2v) is 21.4. The molecule has 0 fully saturated rings. The lowest BCUT2D eigenvalue weighted by molar-refractivity contribution is 0.0722. The summed E-state index contributed by atoms with van der Waals surface area (Å²) < 4.78 is 22.8. The predicted octanol–water partition coefficient (Wildman–Crippen LogP) is 19.4. The molecule has 8 heteroatoms. The maximum Gasteiger partial charge on any atom is 0.343 e. The van der Waals surface area contributed by atoms with Crippen LogP contribution < -0.4 is 18.9 Å². The van der Waals surface area contributed by atoms with Gasteiger partial charge in [0.05, 0.1) is 22.3 Å². The molecule has 0 saturated heterocycles. The van der Waals surface area contributed by atoms with Gasteiger partial charge in [-0.3, -0.25) is 0 Å². The summed E-state index contributed by atoms with van der Waals surface area (Å²) in [5.41, 5.74) is 9.34. The van der Waals surface area contributed by atoms with E-state index in [2.05, 4.69) is 62.4 Å². The normalized spacial score (nSPS) is 11.1. The third-order valence-corrected chi connectivity index (χ3v) is 14.9. The summed E-state index contributed by atoms with van der Waals surface area (Å²) in [6, 6.07) is 47.7. The van der Waals surface area contributed by atoms with Gasteiger partial charge in [0.25, 0.3) is 0 Å². The molecule has 0 amide bonds. The summed E-state index contributed by atoms with van der Waals surface area (Å²) in [7, 11) is 0. The smallest absolute Gasteiger partial charge is 0.343 e. The Balaban J connectivity index is 0.821. The average Bonchev–Trinajstić information content (AvgIpc) is 3.49. The van der Waals surface area contributed by atoms with Gasteiger partial charge in [0.15, 0.2) is 0 Å². The largest absolute Gasteiger partial charge is 0.423 e. The van der Waals surface area contributed by atoms with Crippen LogP contribution in [0.5, 0.6) is 23.0 Å². The summed E-state index contributed by atoms with van der Waals surface area (Å²) in [5.74, 6) is -1.34. The van der Waals surface area contributed by atoms with E-state index >= 15 is 0 Å². The highest BCUT2D eigenvalue weighted by atomic mass is 16.6. The van der Waals surface area contributed by atoms with Crippen molar-refractivity contribution in [1.29, 1.82) is 0 Å². The molecule has 0 aliphatic heterocycles. The van der Waals surface area contributed by atoms with Crippen LogP contribution in [0.4, 0.5) is 0 Å². The number of hydrogen-bond acceptors (Lipinski definition) is 8. The van der Waals surface area contributed by atoms with Crippen molar-refractivity contribution in [3.8, 4) is 45.3 Å². The first-order chi connectivity index (χ1) is 39.1. The van der Waals surface area contributed by atoms with Crippen LogP contribution in [-0.4, -0.2) is 23.9 Å². The van der Waals surface area contributed by atoms with Crippen LogP contribution in [0.2, 0.25) is 0 Å². The number of rotatable bonds is 32. The number of esters is 4. The lowest BCUT2D eigenvalue weighted by atomic mass is 10.00. The lowest BCUT2D eigenvalue weighted by Gasteiger charge is -2.11. The van der Waals surface area contributed by atoms with Crippen LogP contribution >= 0.6 is 0 Å². The Bertz CT molecular complexity index is 2840. The number of unbranched alkanes of at least 4 members (excludes halogenated alkanes) is 18. The van der Waals surface area contributed by atoms with Gasteiger partial charge in [-0.05, 0) is 157 Å². The van der Waals surface area contributed by atoms with Crippen molar-refractivity contribution in [2.45, 2.75) is 169 Å². The molecule has 0 radical (unpaired) electrons. The van der Waals surface area contributed by atoms with Crippen LogP contribution in [0.1, 0.15) is 206 Å². The highest BCUT2D eigenvalue weighted by molar-refractivity contribution is 5.95. The van der Waals surface area contributed by atoms with Crippen LogP contribution in [0.3, 0.4) is 0 Å². The Morgan fingerprint density at radius 3 is 0.912 bits per heavy atom. The Kier molecular flexibility index (Phi) is 24.4. The van der Waals surface area contributed by atoms with Gasteiger partial charge in [-0.15, -0.1) is 0 Å². The zero-order valence-corrected chi connectivity index (χ0v) is 47.8. The second kappa shape index (κ2) is 32.5. The van der Waals surface area contributed by atoms with Crippen LogP contribution in [0.15, 0.2) is 158 Å². The monoisotopic (exact) mass is 1070 g/mol. The highest BCUT2D eigenvalue weighted by Gasteiger charge is 2.18. The fourth-order valence-electron chi connectivity index (χ4n) is 9.99. The number of ether oxygens (including phenoxy) is 4. The van der Waals surface area contributed by atoms with Gasteiger partial charge in [-0.2, -0.15) is 0 Å². The van der Waals surface area contributed by atoms with E-state index in [0.717, 1.165) is 35.1 Å². The van der Waals surface area contributed by atoms with E-state index in [1.807, 2.05) is 24.3 Å². The number of carbonyl (C=O) groups excluding carboxylic acids is 4. The third-order valence-electron chi connectivity index (χ3n) is 14.9. The topological polar surface area (TPSA) is 105 Å². The van der Waals surface area contributed by atoms with E-state index in [-0.39, 0.29) is 22.6 Å². The highest BCUT2D eigenvalue weighted by Crippen LogP contribution is 2.29. The number of hydrogen-bond donors (Lipinski definition) is 0. The van der Waals surface area contributed by atoms with Crippen LogP contribution in [-0.2, 0) is 12.8 Å². The first kappa shape index (κ1) is 60.1. The molecule has 0 aromatic heterocycles. The van der Waals surface area contributed by atoms with E-state index in [1.165, 1.54) is 158 Å². The summed E-state index contributed by atoms with van der Waals surface area (Å²) >= 11 is 0. The van der Waals surface area contributed by atoms with E-state index in [9.17, 15) is 19.2 Å². The van der Waals surface area contributed by atoms with Gasteiger partial charge in [0, 0.05) is 6.07 Å². The maximum absolute atomic E-state index is 13.3. The van der Waals surface area contributed by atoms with E-state index in [1.54, 1.807) is 80.6 Å². The Labute approximate surface area is 476 Å². The van der Waals surface area contributed by atoms with Gasteiger partial charge in [-0.1, -0.05) is 208 Å². The quantitative estimate of drug-likeness (QED) is 0.0233. The number of aryl methyl sites for hydroxylation is 4. The Morgan fingerprint density at radius 1 is 0.300 bits per heavy atom. The maximum atomic E-state index is 13.3. The first-order valence-electron chi connectivity index (χ1n) is 29.7. The van der Waals surface area contributed by atoms with Gasteiger partial charge < -0.3 is 18.9 Å². The summed E-state index contributed by atoms with van der Waals surface area (Å²) in [5, 5.41) is 0. The van der Waals surface area contributed by atoms with E-state index < -0.39 is 23.9 Å². The molecule has 0 N–H and O–H groups in total. The van der Waals surface area contributed by atoms with Crippen molar-refractivity contribution in [2.24, 2.45) is 0 Å². The summed E-state index contributed by atoms with van der Waals surface area (Å²) in [4.78, 5) is 53.0. The van der Waals surface area contributed by atoms with Gasteiger partial charge >= 0.3 is 23.9 Å². The molecular formula is C72H82O8. The minimum atomic E-state index is -0.645. The fourth-order valence-corrected chi connectivity index (χ4v) is 9.99. The van der Waals surface area contributed by atoms with Crippen molar-refractivity contribution in [2.75, 3.05) is 0 Å². The fraction of sp³-hybridized carbons (Fsp3) is 0.361. The molecule has 7 aromatic rings. The standard InChI is InChI=1S/C72H82O8/c1-5-7-9-11-13-15-17-19-21-23-26-55-30-34-57(35-31-55)59-38-42-61(43-39-59)69(73)79-67-48-46-63(50-53(67)3)71(75)77-65-28-25-29-66(52-65)78-72(76)64-47-49-68(54(4)51-64)80-70(74)62-44-40-60(41-45-62)58-36-32-56(33-37-58)27-24-22-20-18-16-14-12-10-8-6-2/h25,28-52H,5-24,26-27H2,1-4H3. The molecule has 80 heavy (non-hydrogen) atoms. The Hall–Kier alpha value is -7.58. The second-order valence-electron chi connectivity index (χ2n) is 21.4. The molecule has 0 saturated carbocycles. The average molecular weight is 1080 g/mol. The molecule has 8 nitrogen and oxygen atoms in total. The van der Waals surface area contributed by atoms with Crippen molar-refractivity contribution >= 4 is 23.9 Å². The SMILES string of the molecule is CCCCCCCCCCCCc1ccc(-c2ccc(C(=O)Oc3ccc(C(=O)Oc4cccc(OC(=O)c5ccc(OC(=O)c6ccc(-c7ccc(CCCCCCCCCCCC)cc7)cc6)c(C)c5)c4)cc3C)cc2)cc1. The molecular weight excluding hydrogens is 993 g/mol. The summed E-state index contributed by atoms with van der Waals surface area (Å²) in [6.07, 6.45) is 28.8. The lowest BCUT2D eigenvalue weighted by Crippen LogP contribution is -2.12. The summed E-state index contributed by atoms with van der Waals surface area (Å²) in [6.45, 7) is 8.02. The molecule has 0 aliphatic rings. The van der Waals surface area contributed by atoms with Crippen molar-refractivity contribution in [3.05, 3.63) is 202 Å². The zero-order valence-electron chi connectivity index (χ0n) is 47.8.